The molecule has 3 heteroatoms. The second-order valence-electron chi connectivity index (χ2n) is 4.72. The van der Waals surface area contributed by atoms with Gasteiger partial charge in [0.15, 0.2) is 0 Å². The fourth-order valence-electron chi connectivity index (χ4n) is 2.28. The summed E-state index contributed by atoms with van der Waals surface area (Å²) in [5.41, 5.74) is 6.88. The molecule has 0 spiro atoms. The number of pyridine rings is 1. The van der Waals surface area contributed by atoms with E-state index in [1.807, 2.05) is 18.3 Å². The Bertz CT molecular complexity index is 312. The molecule has 0 aliphatic heterocycles. The first kappa shape index (κ1) is 10.3. The smallest absolute Gasteiger partial charge is 0.123 e. The summed E-state index contributed by atoms with van der Waals surface area (Å²) in [7, 11) is 0. The average Bonchev–Trinajstić information content (AvgIpc) is 2.22. The molecule has 1 aliphatic rings. The van der Waals surface area contributed by atoms with Gasteiger partial charge in [0.2, 0.25) is 0 Å². The van der Waals surface area contributed by atoms with Gasteiger partial charge < -0.3 is 11.1 Å². The van der Waals surface area contributed by atoms with E-state index in [0.29, 0.717) is 5.82 Å². The summed E-state index contributed by atoms with van der Waals surface area (Å²) >= 11 is 0. The molecule has 82 valence electrons. The highest BCUT2D eigenvalue weighted by Gasteiger charge is 2.26. The van der Waals surface area contributed by atoms with Crippen LogP contribution in [-0.4, -0.2) is 10.5 Å². The lowest BCUT2D eigenvalue weighted by Crippen LogP contribution is -2.36. The molecule has 3 nitrogen and oxygen atoms in total. The highest BCUT2D eigenvalue weighted by molar-refractivity contribution is 5.47. The second-order valence-corrected chi connectivity index (χ2v) is 4.72. The van der Waals surface area contributed by atoms with Gasteiger partial charge in [-0.3, -0.25) is 0 Å². The topological polar surface area (TPSA) is 50.9 Å². The van der Waals surface area contributed by atoms with E-state index < -0.39 is 0 Å². The fraction of sp³-hybridized carbons (Fsp3) is 0.583. The predicted molar refractivity (Wildman–Crippen MR) is 63.8 cm³/mol. The second kappa shape index (κ2) is 4.09. The zero-order chi connectivity index (χ0) is 10.7. The van der Waals surface area contributed by atoms with Crippen LogP contribution in [0, 0.1) is 0 Å². The molecule has 1 aromatic heterocycles. The largest absolute Gasteiger partial charge is 0.384 e. The van der Waals surface area contributed by atoms with Crippen LogP contribution in [0.1, 0.15) is 39.0 Å². The Kier molecular flexibility index (Phi) is 2.80. The Morgan fingerprint density at radius 2 is 2.00 bits per heavy atom. The minimum atomic E-state index is 0.246. The summed E-state index contributed by atoms with van der Waals surface area (Å²) in [5.74, 6) is 0.578. The molecular formula is C12H19N3. The lowest BCUT2D eigenvalue weighted by Gasteiger charge is -2.35. The Morgan fingerprint density at radius 1 is 1.27 bits per heavy atom. The summed E-state index contributed by atoms with van der Waals surface area (Å²) < 4.78 is 0. The quantitative estimate of drug-likeness (QED) is 0.780. The van der Waals surface area contributed by atoms with Gasteiger partial charge in [-0.15, -0.1) is 0 Å². The molecule has 3 N–H and O–H groups in total. The summed E-state index contributed by atoms with van der Waals surface area (Å²) in [4.78, 5) is 4.09. The van der Waals surface area contributed by atoms with Crippen LogP contribution >= 0.6 is 0 Å². The van der Waals surface area contributed by atoms with Crippen molar-refractivity contribution in [3.8, 4) is 0 Å². The first-order chi connectivity index (χ1) is 7.18. The maximum absolute atomic E-state index is 5.55. The number of rotatable bonds is 2. The third kappa shape index (κ3) is 2.61. The van der Waals surface area contributed by atoms with Gasteiger partial charge in [0.05, 0.1) is 11.9 Å². The van der Waals surface area contributed by atoms with Crippen molar-refractivity contribution in [1.82, 2.24) is 4.98 Å². The first-order valence-corrected chi connectivity index (χ1v) is 5.68. The van der Waals surface area contributed by atoms with Gasteiger partial charge in [-0.05, 0) is 31.9 Å². The van der Waals surface area contributed by atoms with Crippen LogP contribution in [0.2, 0.25) is 0 Å². The molecule has 1 aliphatic carbocycles. The van der Waals surface area contributed by atoms with Crippen LogP contribution in [0.15, 0.2) is 18.3 Å². The van der Waals surface area contributed by atoms with Crippen molar-refractivity contribution in [2.45, 2.75) is 44.6 Å². The Balaban J connectivity index is 2.03. The van der Waals surface area contributed by atoms with Crippen molar-refractivity contribution in [2.75, 3.05) is 11.1 Å². The molecule has 0 aromatic carbocycles. The molecule has 0 radical (unpaired) electrons. The Hall–Kier alpha value is -1.25. The molecule has 1 aromatic rings. The monoisotopic (exact) mass is 205 g/mol. The molecule has 15 heavy (non-hydrogen) atoms. The zero-order valence-electron chi connectivity index (χ0n) is 9.29. The number of nitrogens with two attached hydrogens (primary N) is 1. The standard InChI is InChI=1S/C12H19N3/c1-12(7-3-2-4-8-12)15-10-5-6-11(13)14-9-10/h5-6,9,15H,2-4,7-8H2,1H3,(H2,13,14). The summed E-state index contributed by atoms with van der Waals surface area (Å²) in [5, 5.41) is 3.57. The zero-order valence-corrected chi connectivity index (χ0v) is 9.29. The average molecular weight is 205 g/mol. The molecule has 0 atom stereocenters. The molecule has 1 heterocycles. The van der Waals surface area contributed by atoms with Gasteiger partial charge in [0.25, 0.3) is 0 Å². The number of hydrogen-bond acceptors (Lipinski definition) is 3. The molecule has 1 fully saturated rings. The third-order valence-corrected chi connectivity index (χ3v) is 3.19. The Labute approximate surface area is 91.1 Å². The molecule has 0 unspecified atom stereocenters. The summed E-state index contributed by atoms with van der Waals surface area (Å²) in [6.07, 6.45) is 8.33. The number of nitrogens with zero attached hydrogens (tertiary/aromatic N) is 1. The lowest BCUT2D eigenvalue weighted by atomic mass is 9.83. The number of hydrogen-bond donors (Lipinski definition) is 2. The van der Waals surface area contributed by atoms with E-state index in [2.05, 4.69) is 17.2 Å². The van der Waals surface area contributed by atoms with Crippen LogP contribution in [0.25, 0.3) is 0 Å². The van der Waals surface area contributed by atoms with E-state index >= 15 is 0 Å². The van der Waals surface area contributed by atoms with Crippen LogP contribution in [0.5, 0.6) is 0 Å². The molecule has 0 bridgehead atoms. The SMILES string of the molecule is CC1(Nc2ccc(N)nc2)CCCCC1. The van der Waals surface area contributed by atoms with Crippen molar-refractivity contribution >= 4 is 11.5 Å². The van der Waals surface area contributed by atoms with E-state index in [1.54, 1.807) is 0 Å². The van der Waals surface area contributed by atoms with E-state index in [4.69, 9.17) is 5.73 Å². The third-order valence-electron chi connectivity index (χ3n) is 3.19. The van der Waals surface area contributed by atoms with Crippen LogP contribution in [0.3, 0.4) is 0 Å². The minimum absolute atomic E-state index is 0.246. The van der Waals surface area contributed by atoms with E-state index in [1.165, 1.54) is 32.1 Å². The maximum atomic E-state index is 5.55. The van der Waals surface area contributed by atoms with Gasteiger partial charge in [-0.2, -0.15) is 0 Å². The maximum Gasteiger partial charge on any atom is 0.123 e. The fourth-order valence-corrected chi connectivity index (χ4v) is 2.28. The van der Waals surface area contributed by atoms with Gasteiger partial charge in [-0.1, -0.05) is 19.3 Å². The highest BCUT2D eigenvalue weighted by atomic mass is 15.0. The lowest BCUT2D eigenvalue weighted by molar-refractivity contribution is 0.349. The molecule has 0 saturated heterocycles. The summed E-state index contributed by atoms with van der Waals surface area (Å²) in [6.45, 7) is 2.29. The molecule has 2 rings (SSSR count). The van der Waals surface area contributed by atoms with Crippen molar-refractivity contribution in [3.63, 3.8) is 0 Å². The van der Waals surface area contributed by atoms with Crippen molar-refractivity contribution in [3.05, 3.63) is 18.3 Å². The highest BCUT2D eigenvalue weighted by Crippen LogP contribution is 2.30. The van der Waals surface area contributed by atoms with Crippen molar-refractivity contribution in [2.24, 2.45) is 0 Å². The number of nitrogen functional groups attached to an aromatic ring is 1. The van der Waals surface area contributed by atoms with E-state index in [0.717, 1.165) is 5.69 Å². The number of aromatic nitrogens is 1. The van der Waals surface area contributed by atoms with E-state index in [9.17, 15) is 0 Å². The van der Waals surface area contributed by atoms with Gasteiger partial charge in [0, 0.05) is 5.54 Å². The van der Waals surface area contributed by atoms with Gasteiger partial charge >= 0.3 is 0 Å². The molecular weight excluding hydrogens is 186 g/mol. The minimum Gasteiger partial charge on any atom is -0.384 e. The molecule has 1 saturated carbocycles. The summed E-state index contributed by atoms with van der Waals surface area (Å²) in [6, 6.07) is 3.84. The van der Waals surface area contributed by atoms with Gasteiger partial charge in [-0.25, -0.2) is 4.98 Å². The van der Waals surface area contributed by atoms with Crippen LogP contribution in [-0.2, 0) is 0 Å². The molecule has 0 amide bonds. The van der Waals surface area contributed by atoms with Crippen molar-refractivity contribution in [1.29, 1.82) is 0 Å². The Morgan fingerprint density at radius 3 is 2.60 bits per heavy atom. The van der Waals surface area contributed by atoms with E-state index in [-0.39, 0.29) is 5.54 Å². The number of anilines is 2. The van der Waals surface area contributed by atoms with Crippen molar-refractivity contribution < 1.29 is 0 Å². The predicted octanol–water partition coefficient (Wildman–Crippen LogP) is 2.80. The first-order valence-electron chi connectivity index (χ1n) is 5.68. The van der Waals surface area contributed by atoms with Crippen LogP contribution < -0.4 is 11.1 Å². The van der Waals surface area contributed by atoms with Crippen LogP contribution in [0.4, 0.5) is 11.5 Å². The number of nitrogens with one attached hydrogen (secondary N) is 1. The van der Waals surface area contributed by atoms with Gasteiger partial charge in [0.1, 0.15) is 5.82 Å². The normalized spacial score (nSPS) is 19.8.